The van der Waals surface area contributed by atoms with Crippen LogP contribution in [0.1, 0.15) is 71.2 Å². The van der Waals surface area contributed by atoms with E-state index in [2.05, 4.69) is 83.1 Å². The molecule has 1 aliphatic heterocycles. The molecule has 3 aromatic heterocycles. The smallest absolute Gasteiger partial charge is 0.263 e. The minimum absolute atomic E-state index is 0.0649. The van der Waals surface area contributed by atoms with Crippen LogP contribution in [-0.4, -0.2) is 55.9 Å². The lowest BCUT2D eigenvalue weighted by Crippen LogP contribution is -2.29. The van der Waals surface area contributed by atoms with Crippen LogP contribution in [0.5, 0.6) is 0 Å². The molecule has 36 heavy (non-hydrogen) atoms. The number of carbonyl (C=O) groups excluding carboxylic acids is 1. The Hall–Kier alpha value is -3.17. The molecular weight excluding hydrogens is 470 g/mol. The van der Waals surface area contributed by atoms with Crippen molar-refractivity contribution in [2.24, 2.45) is 0 Å². The normalized spacial score (nSPS) is 15.5. The first kappa shape index (κ1) is 24.5. The van der Waals surface area contributed by atoms with Gasteiger partial charge in [-0.3, -0.25) is 4.79 Å². The van der Waals surface area contributed by atoms with Gasteiger partial charge >= 0.3 is 0 Å². The van der Waals surface area contributed by atoms with E-state index in [4.69, 9.17) is 4.98 Å². The summed E-state index contributed by atoms with van der Waals surface area (Å²) in [4.78, 5) is 37.4. The Morgan fingerprint density at radius 2 is 1.97 bits per heavy atom. The van der Waals surface area contributed by atoms with Gasteiger partial charge in [0.05, 0.1) is 16.9 Å². The van der Waals surface area contributed by atoms with Gasteiger partial charge in [-0.25, -0.2) is 19.9 Å². The molecule has 0 spiro atoms. The Kier molecular flexibility index (Phi) is 6.61. The Labute approximate surface area is 215 Å². The van der Waals surface area contributed by atoms with Crippen LogP contribution >= 0.6 is 11.3 Å². The number of amides is 1. The zero-order valence-corrected chi connectivity index (χ0v) is 22.4. The molecule has 5 rings (SSSR count). The number of imidazole rings is 1. The maximum Gasteiger partial charge on any atom is 0.263 e. The third-order valence-electron chi connectivity index (χ3n) is 6.84. The summed E-state index contributed by atoms with van der Waals surface area (Å²) < 4.78 is 0. The molecule has 1 fully saturated rings. The number of carbonyl (C=O) groups is 1. The topological polar surface area (TPSA) is 99.7 Å². The third kappa shape index (κ3) is 5.03. The van der Waals surface area contributed by atoms with Gasteiger partial charge in [0.1, 0.15) is 22.5 Å². The number of nitrogens with zero attached hydrogens (tertiary/aromatic N) is 5. The van der Waals surface area contributed by atoms with Crippen LogP contribution in [0.25, 0.3) is 22.4 Å². The lowest BCUT2D eigenvalue weighted by atomic mass is 9.96. The van der Waals surface area contributed by atoms with Gasteiger partial charge in [-0.05, 0) is 57.1 Å². The number of hydrogen-bond acceptors (Lipinski definition) is 7. The Morgan fingerprint density at radius 3 is 2.67 bits per heavy atom. The third-order valence-corrected chi connectivity index (χ3v) is 8.26. The fourth-order valence-corrected chi connectivity index (χ4v) is 5.46. The molecule has 0 atom stereocenters. The molecule has 1 amide bonds. The summed E-state index contributed by atoms with van der Waals surface area (Å²) in [5.74, 6) is 1.34. The zero-order valence-electron chi connectivity index (χ0n) is 21.6. The van der Waals surface area contributed by atoms with Crippen LogP contribution < -0.4 is 5.32 Å². The van der Waals surface area contributed by atoms with Crippen LogP contribution in [0.15, 0.2) is 30.7 Å². The molecule has 2 N–H and O–H groups in total. The highest BCUT2D eigenvalue weighted by atomic mass is 32.1. The van der Waals surface area contributed by atoms with Gasteiger partial charge in [-0.1, -0.05) is 32.9 Å². The Balaban J connectivity index is 1.32. The second kappa shape index (κ2) is 9.71. The maximum atomic E-state index is 12.7. The molecule has 4 aromatic rings. The summed E-state index contributed by atoms with van der Waals surface area (Å²) in [5, 5.41) is 4.00. The highest BCUT2D eigenvalue weighted by Crippen LogP contribution is 2.31. The van der Waals surface area contributed by atoms with E-state index in [9.17, 15) is 4.79 Å². The number of aromatic nitrogens is 5. The van der Waals surface area contributed by atoms with Crippen molar-refractivity contribution in [3.63, 3.8) is 0 Å². The predicted molar refractivity (Wildman–Crippen MR) is 143 cm³/mol. The molecule has 1 saturated heterocycles. The summed E-state index contributed by atoms with van der Waals surface area (Å²) in [7, 11) is 2.16. The molecule has 0 bridgehead atoms. The summed E-state index contributed by atoms with van der Waals surface area (Å²) in [5.41, 5.74) is 5.54. The Bertz CT molecular complexity index is 1390. The first-order chi connectivity index (χ1) is 17.2. The summed E-state index contributed by atoms with van der Waals surface area (Å²) in [6.07, 6.45) is 5.44. The van der Waals surface area contributed by atoms with E-state index in [0.29, 0.717) is 23.0 Å². The average molecular weight is 504 g/mol. The largest absolute Gasteiger partial charge is 0.347 e. The minimum atomic E-state index is -0.0946. The van der Waals surface area contributed by atoms with Crippen molar-refractivity contribution >= 4 is 28.4 Å². The molecule has 0 aliphatic carbocycles. The van der Waals surface area contributed by atoms with Gasteiger partial charge in [-0.15, -0.1) is 11.3 Å². The van der Waals surface area contributed by atoms with Crippen LogP contribution in [0.2, 0.25) is 0 Å². The second-order valence-corrected chi connectivity index (χ2v) is 11.8. The molecule has 0 saturated carbocycles. The van der Waals surface area contributed by atoms with Gasteiger partial charge in [0.2, 0.25) is 0 Å². The molecule has 9 heteroatoms. The van der Waals surface area contributed by atoms with E-state index in [1.54, 1.807) is 12.5 Å². The SMILES string of the molecule is Cc1cc(-c2ncnc3nc(C4CCN(C)CC4)[nH]c23)ccc1CNC(=O)c1cnc(C(C)(C)C)s1. The van der Waals surface area contributed by atoms with Gasteiger partial charge in [0.15, 0.2) is 5.65 Å². The van der Waals surface area contributed by atoms with Crippen molar-refractivity contribution in [1.29, 1.82) is 0 Å². The first-order valence-electron chi connectivity index (χ1n) is 12.4. The number of fused-ring (bicyclic) bond motifs is 1. The molecule has 8 nitrogen and oxygen atoms in total. The second-order valence-electron chi connectivity index (χ2n) is 10.7. The number of H-pyrrole nitrogens is 1. The molecule has 188 valence electrons. The molecular formula is C27H33N7OS. The fourth-order valence-electron chi connectivity index (χ4n) is 4.57. The number of nitrogens with one attached hydrogen (secondary N) is 2. The Morgan fingerprint density at radius 1 is 1.19 bits per heavy atom. The van der Waals surface area contributed by atoms with Crippen LogP contribution in [0, 0.1) is 6.92 Å². The van der Waals surface area contributed by atoms with E-state index in [-0.39, 0.29) is 11.3 Å². The molecule has 4 heterocycles. The van der Waals surface area contributed by atoms with Crippen molar-refractivity contribution in [2.45, 2.75) is 58.4 Å². The summed E-state index contributed by atoms with van der Waals surface area (Å²) >= 11 is 1.45. The lowest BCUT2D eigenvalue weighted by molar-refractivity contribution is 0.0954. The number of piperidine rings is 1. The van der Waals surface area contributed by atoms with Gasteiger partial charge in [0.25, 0.3) is 5.91 Å². The van der Waals surface area contributed by atoms with Crippen molar-refractivity contribution < 1.29 is 4.79 Å². The zero-order chi connectivity index (χ0) is 25.4. The molecule has 1 aliphatic rings. The van der Waals surface area contributed by atoms with E-state index >= 15 is 0 Å². The number of aryl methyl sites for hydroxylation is 1. The first-order valence-corrected chi connectivity index (χ1v) is 13.2. The maximum absolute atomic E-state index is 12.7. The van der Waals surface area contributed by atoms with Crippen LogP contribution in [-0.2, 0) is 12.0 Å². The van der Waals surface area contributed by atoms with E-state index in [1.165, 1.54) is 11.3 Å². The van der Waals surface area contributed by atoms with E-state index in [1.807, 2.05) is 0 Å². The van der Waals surface area contributed by atoms with Gasteiger partial charge < -0.3 is 15.2 Å². The quantitative estimate of drug-likeness (QED) is 0.405. The number of thiazole rings is 1. The average Bonchev–Trinajstić information content (AvgIpc) is 3.51. The predicted octanol–water partition coefficient (Wildman–Crippen LogP) is 4.82. The van der Waals surface area contributed by atoms with Crippen molar-refractivity contribution in [3.8, 4) is 11.3 Å². The van der Waals surface area contributed by atoms with Gasteiger partial charge in [0, 0.05) is 23.4 Å². The van der Waals surface area contributed by atoms with Crippen LogP contribution in [0.4, 0.5) is 0 Å². The van der Waals surface area contributed by atoms with Crippen molar-refractivity contribution in [3.05, 3.63) is 57.6 Å². The lowest BCUT2D eigenvalue weighted by Gasteiger charge is -2.27. The van der Waals surface area contributed by atoms with Crippen molar-refractivity contribution in [2.75, 3.05) is 20.1 Å². The molecule has 1 aromatic carbocycles. The monoisotopic (exact) mass is 503 g/mol. The van der Waals surface area contributed by atoms with E-state index in [0.717, 1.165) is 64.7 Å². The number of rotatable bonds is 5. The summed E-state index contributed by atoms with van der Waals surface area (Å²) in [6, 6.07) is 6.22. The molecule has 0 unspecified atom stereocenters. The highest BCUT2D eigenvalue weighted by molar-refractivity contribution is 7.13. The minimum Gasteiger partial charge on any atom is -0.347 e. The number of hydrogen-bond donors (Lipinski definition) is 2. The van der Waals surface area contributed by atoms with Crippen molar-refractivity contribution in [1.82, 2.24) is 35.1 Å². The highest BCUT2D eigenvalue weighted by Gasteiger charge is 2.23. The van der Waals surface area contributed by atoms with Crippen LogP contribution in [0.3, 0.4) is 0 Å². The number of likely N-dealkylation sites (tertiary alicyclic amines) is 1. The summed E-state index contributed by atoms with van der Waals surface area (Å²) in [6.45, 7) is 11.0. The number of benzene rings is 1. The number of aromatic amines is 1. The fraction of sp³-hybridized carbons (Fsp3) is 0.444. The standard InChI is InChI=1S/C27H33N7OS/c1-16-12-18(6-7-19(16)13-28-25(35)20-14-29-26(36-20)27(2,3)4)21-22-24(31-15-30-21)33-23(32-22)17-8-10-34(5)11-9-17/h6-7,12,14-15,17H,8-11,13H2,1-5H3,(H,28,35)(H,30,31,32,33). The van der Waals surface area contributed by atoms with Gasteiger partial charge in [-0.2, -0.15) is 0 Å². The molecule has 0 radical (unpaired) electrons. The van der Waals surface area contributed by atoms with E-state index < -0.39 is 0 Å².